The Balaban J connectivity index is 2.27. The lowest BCUT2D eigenvalue weighted by Crippen LogP contribution is -2.28. The Labute approximate surface area is 117 Å². The molecule has 19 heavy (non-hydrogen) atoms. The molecule has 1 atom stereocenters. The molecule has 0 aliphatic carbocycles. The van der Waals surface area contributed by atoms with E-state index in [0.717, 1.165) is 17.8 Å². The van der Waals surface area contributed by atoms with Crippen LogP contribution in [0.4, 0.5) is 0 Å². The summed E-state index contributed by atoms with van der Waals surface area (Å²) in [7, 11) is 0. The molecule has 1 unspecified atom stereocenters. The lowest BCUT2D eigenvalue weighted by Gasteiger charge is -2.13. The van der Waals surface area contributed by atoms with Crippen molar-refractivity contribution in [3.63, 3.8) is 0 Å². The summed E-state index contributed by atoms with van der Waals surface area (Å²) in [5.74, 6) is 0.585. The molecule has 4 heteroatoms. The van der Waals surface area contributed by atoms with Gasteiger partial charge in [-0.05, 0) is 29.9 Å². The maximum Gasteiger partial charge on any atom is 0.255 e. The zero-order chi connectivity index (χ0) is 13.8. The van der Waals surface area contributed by atoms with Crippen molar-refractivity contribution < 1.29 is 0 Å². The van der Waals surface area contributed by atoms with Crippen molar-refractivity contribution in [3.05, 3.63) is 56.6 Å². The number of aromatic nitrogens is 1. The van der Waals surface area contributed by atoms with E-state index in [4.69, 9.17) is 5.73 Å². The van der Waals surface area contributed by atoms with E-state index in [0.29, 0.717) is 11.5 Å². The van der Waals surface area contributed by atoms with Gasteiger partial charge in [-0.1, -0.05) is 26.0 Å². The van der Waals surface area contributed by atoms with Crippen LogP contribution in [0, 0.1) is 5.92 Å². The Bertz CT molecular complexity index is 572. The fourth-order valence-corrected chi connectivity index (χ4v) is 2.73. The fourth-order valence-electron chi connectivity index (χ4n) is 1.99. The summed E-state index contributed by atoms with van der Waals surface area (Å²) in [6.07, 6.45) is 2.84. The zero-order valence-electron chi connectivity index (χ0n) is 11.4. The summed E-state index contributed by atoms with van der Waals surface area (Å²) in [4.78, 5) is 13.4. The molecule has 0 saturated carbocycles. The lowest BCUT2D eigenvalue weighted by atomic mass is 10.1. The van der Waals surface area contributed by atoms with Crippen LogP contribution < -0.4 is 11.3 Å². The third-order valence-corrected chi connectivity index (χ3v) is 4.14. The number of hydrogen-bond donors (Lipinski definition) is 1. The van der Waals surface area contributed by atoms with E-state index in [1.165, 1.54) is 0 Å². The Morgan fingerprint density at radius 1 is 1.32 bits per heavy atom. The predicted octanol–water partition coefficient (Wildman–Crippen LogP) is 3.00. The first-order valence-corrected chi connectivity index (χ1v) is 7.46. The number of nitrogens with zero attached hydrogens (tertiary/aromatic N) is 1. The Kier molecular flexibility index (Phi) is 4.56. The van der Waals surface area contributed by atoms with Crippen LogP contribution >= 0.6 is 11.3 Å². The highest BCUT2D eigenvalue weighted by Crippen LogP contribution is 2.21. The molecule has 0 aliphatic rings. The van der Waals surface area contributed by atoms with Crippen LogP contribution in [0.2, 0.25) is 0 Å². The molecule has 2 aromatic heterocycles. The Morgan fingerprint density at radius 2 is 2.11 bits per heavy atom. The zero-order valence-corrected chi connectivity index (χ0v) is 12.2. The summed E-state index contributed by atoms with van der Waals surface area (Å²) in [5, 5.41) is 1.98. The van der Waals surface area contributed by atoms with Gasteiger partial charge in [-0.2, -0.15) is 0 Å². The molecule has 0 saturated heterocycles. The molecule has 0 aromatic carbocycles. The Hall–Kier alpha value is -1.39. The van der Waals surface area contributed by atoms with E-state index in [1.807, 2.05) is 35.8 Å². The summed E-state index contributed by atoms with van der Waals surface area (Å²) >= 11 is 1.59. The van der Waals surface area contributed by atoms with Crippen molar-refractivity contribution in [2.75, 3.05) is 0 Å². The maximum atomic E-state index is 12.4. The normalized spacial score (nSPS) is 12.8. The predicted molar refractivity (Wildman–Crippen MR) is 80.5 cm³/mol. The van der Waals surface area contributed by atoms with Gasteiger partial charge in [0.1, 0.15) is 0 Å². The van der Waals surface area contributed by atoms with Gasteiger partial charge >= 0.3 is 0 Å². The smallest absolute Gasteiger partial charge is 0.255 e. The third kappa shape index (κ3) is 3.33. The summed E-state index contributed by atoms with van der Waals surface area (Å²) in [5.41, 5.74) is 6.89. The lowest BCUT2D eigenvalue weighted by molar-refractivity contribution is 0.505. The standard InChI is InChI=1S/C15H20N2OS/c1-11(2)7-9-17-8-3-5-12(15(17)18)14(16)13-6-4-10-19-13/h3-6,8,10-11,14H,7,9,16H2,1-2H3. The van der Waals surface area contributed by atoms with Crippen molar-refractivity contribution in [2.45, 2.75) is 32.9 Å². The highest BCUT2D eigenvalue weighted by Gasteiger charge is 2.14. The van der Waals surface area contributed by atoms with Crippen LogP contribution in [0.25, 0.3) is 0 Å². The van der Waals surface area contributed by atoms with Crippen LogP contribution in [0.15, 0.2) is 40.6 Å². The van der Waals surface area contributed by atoms with Gasteiger partial charge in [-0.25, -0.2) is 0 Å². The SMILES string of the molecule is CC(C)CCn1cccc(C(N)c2cccs2)c1=O. The summed E-state index contributed by atoms with van der Waals surface area (Å²) in [6.45, 7) is 5.07. The van der Waals surface area contributed by atoms with Crippen LogP contribution in [-0.2, 0) is 6.54 Å². The second kappa shape index (κ2) is 6.17. The third-order valence-electron chi connectivity index (χ3n) is 3.18. The molecule has 2 N–H and O–H groups in total. The average molecular weight is 276 g/mol. The first-order valence-electron chi connectivity index (χ1n) is 6.58. The monoisotopic (exact) mass is 276 g/mol. The van der Waals surface area contributed by atoms with E-state index in [1.54, 1.807) is 15.9 Å². The Morgan fingerprint density at radius 3 is 2.74 bits per heavy atom. The topological polar surface area (TPSA) is 48.0 Å². The number of pyridine rings is 1. The fraction of sp³-hybridized carbons (Fsp3) is 0.400. The van der Waals surface area contributed by atoms with Crippen molar-refractivity contribution in [2.24, 2.45) is 11.7 Å². The molecule has 102 valence electrons. The minimum Gasteiger partial charge on any atom is -0.319 e. The molecule has 2 heterocycles. The molecule has 2 aromatic rings. The number of thiophene rings is 1. The second-order valence-electron chi connectivity index (χ2n) is 5.14. The number of aryl methyl sites for hydroxylation is 1. The molecule has 0 fully saturated rings. The molecular formula is C15H20N2OS. The van der Waals surface area contributed by atoms with Gasteiger partial charge in [-0.3, -0.25) is 4.79 Å². The average Bonchev–Trinajstić information content (AvgIpc) is 2.90. The van der Waals surface area contributed by atoms with Crippen LogP contribution in [0.5, 0.6) is 0 Å². The molecule has 0 amide bonds. The van der Waals surface area contributed by atoms with Gasteiger partial charge in [0.15, 0.2) is 0 Å². The van der Waals surface area contributed by atoms with Gasteiger partial charge in [0.05, 0.1) is 6.04 Å². The van der Waals surface area contributed by atoms with E-state index >= 15 is 0 Å². The van der Waals surface area contributed by atoms with Crippen LogP contribution in [0.3, 0.4) is 0 Å². The molecule has 0 aliphatic heterocycles. The first-order chi connectivity index (χ1) is 9.09. The minimum atomic E-state index is -0.320. The number of nitrogens with two attached hydrogens (primary N) is 1. The van der Waals surface area contributed by atoms with Gasteiger partial charge in [0.2, 0.25) is 0 Å². The quantitative estimate of drug-likeness (QED) is 0.912. The van der Waals surface area contributed by atoms with Crippen LogP contribution in [0.1, 0.15) is 36.8 Å². The highest BCUT2D eigenvalue weighted by molar-refractivity contribution is 7.10. The molecule has 3 nitrogen and oxygen atoms in total. The molecule has 0 spiro atoms. The second-order valence-corrected chi connectivity index (χ2v) is 6.12. The molecule has 0 bridgehead atoms. The molecular weight excluding hydrogens is 256 g/mol. The highest BCUT2D eigenvalue weighted by atomic mass is 32.1. The van der Waals surface area contributed by atoms with Gasteiger partial charge in [0, 0.05) is 23.2 Å². The van der Waals surface area contributed by atoms with E-state index in [-0.39, 0.29) is 11.6 Å². The largest absolute Gasteiger partial charge is 0.319 e. The first kappa shape index (κ1) is 14.0. The molecule has 2 rings (SSSR count). The minimum absolute atomic E-state index is 0.0315. The van der Waals surface area contributed by atoms with Crippen LogP contribution in [-0.4, -0.2) is 4.57 Å². The van der Waals surface area contributed by atoms with E-state index in [2.05, 4.69) is 13.8 Å². The van der Waals surface area contributed by atoms with E-state index < -0.39 is 0 Å². The summed E-state index contributed by atoms with van der Waals surface area (Å²) < 4.78 is 1.77. The summed E-state index contributed by atoms with van der Waals surface area (Å²) in [6, 6.07) is 7.35. The van der Waals surface area contributed by atoms with Crippen molar-refractivity contribution >= 4 is 11.3 Å². The molecule has 0 radical (unpaired) electrons. The van der Waals surface area contributed by atoms with Gasteiger partial charge < -0.3 is 10.3 Å². The number of rotatable bonds is 5. The van der Waals surface area contributed by atoms with Crippen molar-refractivity contribution in [1.82, 2.24) is 4.57 Å². The van der Waals surface area contributed by atoms with E-state index in [9.17, 15) is 4.79 Å². The maximum absolute atomic E-state index is 12.4. The number of hydrogen-bond acceptors (Lipinski definition) is 3. The van der Waals surface area contributed by atoms with Crippen molar-refractivity contribution in [1.29, 1.82) is 0 Å². The van der Waals surface area contributed by atoms with Gasteiger partial charge in [-0.15, -0.1) is 11.3 Å². The van der Waals surface area contributed by atoms with Crippen molar-refractivity contribution in [3.8, 4) is 0 Å². The van der Waals surface area contributed by atoms with Gasteiger partial charge in [0.25, 0.3) is 5.56 Å².